The van der Waals surface area contributed by atoms with Crippen LogP contribution in [-0.2, 0) is 17.8 Å². The standard InChI is InChI=1S/C14H18N2O3/c1-2-12(13(15)17)16-6-5-9-3-4-10(14(18)19)7-11(9)8-16/h3-4,7,12H,2,5-6,8H2,1H3,(H2,15,17)(H,18,19). The Kier molecular flexibility index (Phi) is 3.85. The number of fused-ring (bicyclic) bond motifs is 1. The van der Waals surface area contributed by atoms with E-state index in [1.807, 2.05) is 17.9 Å². The summed E-state index contributed by atoms with van der Waals surface area (Å²) in [5.41, 5.74) is 7.82. The summed E-state index contributed by atoms with van der Waals surface area (Å²) in [6.45, 7) is 3.29. The van der Waals surface area contributed by atoms with Gasteiger partial charge in [-0.15, -0.1) is 0 Å². The lowest BCUT2D eigenvalue weighted by molar-refractivity contribution is -0.123. The van der Waals surface area contributed by atoms with Crippen LogP contribution in [0.1, 0.15) is 34.8 Å². The maximum atomic E-state index is 11.4. The van der Waals surface area contributed by atoms with Crippen molar-refractivity contribution in [3.05, 3.63) is 34.9 Å². The molecule has 1 atom stereocenters. The first-order valence-corrected chi connectivity index (χ1v) is 6.41. The molecule has 5 nitrogen and oxygen atoms in total. The molecule has 1 aliphatic rings. The highest BCUT2D eigenvalue weighted by atomic mass is 16.4. The molecular weight excluding hydrogens is 244 g/mol. The van der Waals surface area contributed by atoms with E-state index in [0.29, 0.717) is 13.0 Å². The average Bonchev–Trinajstić information content (AvgIpc) is 2.38. The van der Waals surface area contributed by atoms with Gasteiger partial charge in [0.2, 0.25) is 5.91 Å². The normalized spacial score (nSPS) is 16.7. The van der Waals surface area contributed by atoms with Crippen LogP contribution in [0.3, 0.4) is 0 Å². The van der Waals surface area contributed by atoms with Crippen LogP contribution in [0.15, 0.2) is 18.2 Å². The largest absolute Gasteiger partial charge is 0.478 e. The Labute approximate surface area is 112 Å². The van der Waals surface area contributed by atoms with Gasteiger partial charge in [0.05, 0.1) is 11.6 Å². The van der Waals surface area contributed by atoms with Crippen molar-refractivity contribution in [1.29, 1.82) is 0 Å². The molecule has 5 heteroatoms. The zero-order chi connectivity index (χ0) is 14.0. The molecule has 0 spiro atoms. The number of benzene rings is 1. The minimum absolute atomic E-state index is 0.276. The van der Waals surface area contributed by atoms with Crippen LogP contribution in [0.25, 0.3) is 0 Å². The Hall–Kier alpha value is -1.88. The van der Waals surface area contributed by atoms with Crippen molar-refractivity contribution in [2.45, 2.75) is 32.4 Å². The summed E-state index contributed by atoms with van der Waals surface area (Å²) < 4.78 is 0. The van der Waals surface area contributed by atoms with Gasteiger partial charge in [-0.1, -0.05) is 13.0 Å². The van der Waals surface area contributed by atoms with E-state index in [2.05, 4.69) is 0 Å². The van der Waals surface area contributed by atoms with E-state index in [9.17, 15) is 9.59 Å². The molecule has 3 N–H and O–H groups in total. The average molecular weight is 262 g/mol. The van der Waals surface area contributed by atoms with E-state index in [4.69, 9.17) is 10.8 Å². The summed E-state index contributed by atoms with van der Waals surface area (Å²) in [6.07, 6.45) is 1.49. The van der Waals surface area contributed by atoms with Crippen molar-refractivity contribution >= 4 is 11.9 Å². The number of carbonyl (C=O) groups excluding carboxylic acids is 1. The van der Waals surface area contributed by atoms with Crippen molar-refractivity contribution < 1.29 is 14.7 Å². The summed E-state index contributed by atoms with van der Waals surface area (Å²) in [7, 11) is 0. The van der Waals surface area contributed by atoms with Crippen molar-refractivity contribution in [2.24, 2.45) is 5.73 Å². The van der Waals surface area contributed by atoms with Gasteiger partial charge in [-0.3, -0.25) is 9.69 Å². The molecule has 1 aromatic carbocycles. The van der Waals surface area contributed by atoms with Crippen LogP contribution in [0.2, 0.25) is 0 Å². The second kappa shape index (κ2) is 5.40. The minimum atomic E-state index is -0.929. The third-order valence-electron chi connectivity index (χ3n) is 3.65. The van der Waals surface area contributed by atoms with Gasteiger partial charge in [0.1, 0.15) is 0 Å². The maximum absolute atomic E-state index is 11.4. The third kappa shape index (κ3) is 2.76. The molecule has 19 heavy (non-hydrogen) atoms. The molecule has 0 bridgehead atoms. The zero-order valence-corrected chi connectivity index (χ0v) is 10.9. The second-order valence-electron chi connectivity index (χ2n) is 4.84. The molecule has 0 saturated carbocycles. The van der Waals surface area contributed by atoms with E-state index < -0.39 is 5.97 Å². The summed E-state index contributed by atoms with van der Waals surface area (Å²) in [5, 5.41) is 9.01. The fourth-order valence-electron chi connectivity index (χ4n) is 2.62. The number of aromatic carboxylic acids is 1. The molecule has 0 saturated heterocycles. The van der Waals surface area contributed by atoms with Crippen LogP contribution in [0, 0.1) is 0 Å². The van der Waals surface area contributed by atoms with Crippen LogP contribution < -0.4 is 5.73 Å². The Balaban J connectivity index is 2.24. The van der Waals surface area contributed by atoms with Crippen LogP contribution in [0.5, 0.6) is 0 Å². The van der Waals surface area contributed by atoms with E-state index in [0.717, 1.165) is 24.1 Å². The fraction of sp³-hybridized carbons (Fsp3) is 0.429. The molecule has 0 aromatic heterocycles. The third-order valence-corrected chi connectivity index (χ3v) is 3.65. The van der Waals surface area contributed by atoms with Gasteiger partial charge in [0.25, 0.3) is 0 Å². The summed E-state index contributed by atoms with van der Waals surface area (Å²) in [5.74, 6) is -1.25. The molecule has 1 unspecified atom stereocenters. The molecule has 102 valence electrons. The summed E-state index contributed by atoms with van der Waals surface area (Å²) in [6, 6.07) is 4.91. The molecule has 1 heterocycles. The van der Waals surface area contributed by atoms with Gasteiger partial charge in [-0.25, -0.2) is 4.79 Å². The predicted octanol–water partition coefficient (Wildman–Crippen LogP) is 1.01. The van der Waals surface area contributed by atoms with Gasteiger partial charge in [0, 0.05) is 13.1 Å². The predicted molar refractivity (Wildman–Crippen MR) is 70.8 cm³/mol. The lowest BCUT2D eigenvalue weighted by atomic mass is 9.96. The Morgan fingerprint density at radius 1 is 1.42 bits per heavy atom. The quantitative estimate of drug-likeness (QED) is 0.848. The minimum Gasteiger partial charge on any atom is -0.478 e. The lowest BCUT2D eigenvalue weighted by Gasteiger charge is -2.33. The van der Waals surface area contributed by atoms with E-state index in [-0.39, 0.29) is 17.5 Å². The first-order valence-electron chi connectivity index (χ1n) is 6.41. The molecular formula is C14H18N2O3. The molecule has 2 rings (SSSR count). The number of carboxylic acids is 1. The van der Waals surface area contributed by atoms with Gasteiger partial charge >= 0.3 is 5.97 Å². The number of nitrogens with two attached hydrogens (primary N) is 1. The molecule has 1 aliphatic heterocycles. The van der Waals surface area contributed by atoms with Gasteiger partial charge < -0.3 is 10.8 Å². The SMILES string of the molecule is CCC(C(N)=O)N1CCc2ccc(C(=O)O)cc2C1. The van der Waals surface area contributed by atoms with Gasteiger partial charge in [-0.05, 0) is 36.1 Å². The number of hydrogen-bond acceptors (Lipinski definition) is 3. The number of amides is 1. The van der Waals surface area contributed by atoms with E-state index in [1.54, 1.807) is 12.1 Å². The van der Waals surface area contributed by atoms with Crippen molar-refractivity contribution in [3.8, 4) is 0 Å². The van der Waals surface area contributed by atoms with Gasteiger partial charge in [0.15, 0.2) is 0 Å². The molecule has 0 fully saturated rings. The van der Waals surface area contributed by atoms with Crippen LogP contribution >= 0.6 is 0 Å². The number of nitrogens with zero attached hydrogens (tertiary/aromatic N) is 1. The number of primary amides is 1. The Morgan fingerprint density at radius 2 is 2.16 bits per heavy atom. The molecule has 1 amide bonds. The fourth-order valence-corrected chi connectivity index (χ4v) is 2.62. The molecule has 0 radical (unpaired) electrons. The lowest BCUT2D eigenvalue weighted by Crippen LogP contribution is -2.46. The first-order chi connectivity index (χ1) is 9.02. The smallest absolute Gasteiger partial charge is 0.335 e. The first kappa shape index (κ1) is 13.5. The monoisotopic (exact) mass is 262 g/mol. The van der Waals surface area contributed by atoms with E-state index >= 15 is 0 Å². The Morgan fingerprint density at radius 3 is 2.74 bits per heavy atom. The van der Waals surface area contributed by atoms with Crippen molar-refractivity contribution in [1.82, 2.24) is 4.90 Å². The number of carboxylic acid groups (broad SMARTS) is 1. The number of hydrogen-bond donors (Lipinski definition) is 2. The second-order valence-corrected chi connectivity index (χ2v) is 4.84. The Bertz CT molecular complexity index is 513. The van der Waals surface area contributed by atoms with Crippen LogP contribution in [-0.4, -0.2) is 34.5 Å². The highest BCUT2D eigenvalue weighted by molar-refractivity contribution is 5.88. The van der Waals surface area contributed by atoms with E-state index in [1.165, 1.54) is 0 Å². The number of rotatable bonds is 4. The number of carbonyl (C=O) groups is 2. The topological polar surface area (TPSA) is 83.6 Å². The molecule has 1 aromatic rings. The van der Waals surface area contributed by atoms with Crippen LogP contribution in [0.4, 0.5) is 0 Å². The van der Waals surface area contributed by atoms with Crippen molar-refractivity contribution in [2.75, 3.05) is 6.54 Å². The summed E-state index contributed by atoms with van der Waals surface area (Å²) in [4.78, 5) is 24.4. The maximum Gasteiger partial charge on any atom is 0.335 e. The van der Waals surface area contributed by atoms with Crippen molar-refractivity contribution in [3.63, 3.8) is 0 Å². The highest BCUT2D eigenvalue weighted by Crippen LogP contribution is 2.22. The van der Waals surface area contributed by atoms with Gasteiger partial charge in [-0.2, -0.15) is 0 Å². The zero-order valence-electron chi connectivity index (χ0n) is 10.9. The highest BCUT2D eigenvalue weighted by Gasteiger charge is 2.26. The molecule has 0 aliphatic carbocycles. The summed E-state index contributed by atoms with van der Waals surface area (Å²) >= 11 is 0.